The fourth-order valence-corrected chi connectivity index (χ4v) is 2.46. The number of Topliss-reactive ketones (excluding diaryl/α,β-unsaturated/α-hetero) is 1. The molecule has 15 heavy (non-hydrogen) atoms. The highest BCUT2D eigenvalue weighted by molar-refractivity contribution is 7.17. The molecule has 2 aromatic rings. The van der Waals surface area contributed by atoms with Crippen LogP contribution in [0, 0.1) is 0 Å². The van der Waals surface area contributed by atoms with Crippen molar-refractivity contribution in [1.82, 2.24) is 0 Å². The van der Waals surface area contributed by atoms with Crippen LogP contribution in [0.1, 0.15) is 12.5 Å². The maximum Gasteiger partial charge on any atom is 0.162 e. The first kappa shape index (κ1) is 10.1. The highest BCUT2D eigenvalue weighted by Gasteiger charge is 2.08. The second-order valence-electron chi connectivity index (χ2n) is 3.64. The zero-order chi connectivity index (χ0) is 10.8. The lowest BCUT2D eigenvalue weighted by atomic mass is 10.0. The van der Waals surface area contributed by atoms with Gasteiger partial charge in [-0.05, 0) is 34.9 Å². The number of carbonyl (C=O) groups is 1. The van der Waals surface area contributed by atoms with Crippen molar-refractivity contribution in [1.29, 1.82) is 0 Å². The molecule has 0 saturated heterocycles. The van der Waals surface area contributed by atoms with Crippen LogP contribution < -0.4 is 0 Å². The Morgan fingerprint density at radius 1 is 1.40 bits per heavy atom. The average Bonchev–Trinajstić information content (AvgIpc) is 2.62. The lowest BCUT2D eigenvalue weighted by Gasteiger charge is -1.98. The highest BCUT2D eigenvalue weighted by atomic mass is 32.1. The Bertz CT molecular complexity index is 522. The predicted molar refractivity (Wildman–Crippen MR) is 65.4 cm³/mol. The van der Waals surface area contributed by atoms with Crippen molar-refractivity contribution < 1.29 is 4.79 Å². The standard InChI is InChI=1S/C13H12OS/c1-9(2)12(14)7-10-8-15-13-6-4-3-5-11(10)13/h3-6,8H,1,7H2,2H3. The molecule has 0 unspecified atom stereocenters. The minimum absolute atomic E-state index is 0.124. The molecule has 1 heterocycles. The van der Waals surface area contributed by atoms with Crippen LogP contribution in [-0.2, 0) is 11.2 Å². The van der Waals surface area contributed by atoms with Crippen LogP contribution in [0.25, 0.3) is 10.1 Å². The number of benzene rings is 1. The Morgan fingerprint density at radius 3 is 2.87 bits per heavy atom. The first-order chi connectivity index (χ1) is 7.18. The van der Waals surface area contributed by atoms with E-state index in [1.165, 1.54) is 10.1 Å². The second kappa shape index (κ2) is 3.99. The molecule has 0 atom stereocenters. The molecule has 0 aliphatic rings. The van der Waals surface area contributed by atoms with Gasteiger partial charge in [0.2, 0.25) is 0 Å². The molecule has 76 valence electrons. The molecule has 0 aliphatic carbocycles. The zero-order valence-electron chi connectivity index (χ0n) is 8.62. The summed E-state index contributed by atoms with van der Waals surface area (Å²) in [6.45, 7) is 5.43. The van der Waals surface area contributed by atoms with Crippen LogP contribution in [0.2, 0.25) is 0 Å². The molecule has 0 saturated carbocycles. The largest absolute Gasteiger partial charge is 0.294 e. The Labute approximate surface area is 93.1 Å². The number of hydrogen-bond donors (Lipinski definition) is 0. The third kappa shape index (κ3) is 2.00. The first-order valence-electron chi connectivity index (χ1n) is 4.82. The van der Waals surface area contributed by atoms with E-state index in [1.54, 1.807) is 18.3 Å². The van der Waals surface area contributed by atoms with E-state index in [2.05, 4.69) is 24.1 Å². The van der Waals surface area contributed by atoms with Gasteiger partial charge in [-0.25, -0.2) is 0 Å². The Hall–Kier alpha value is -1.41. The summed E-state index contributed by atoms with van der Waals surface area (Å²) in [4.78, 5) is 11.6. The van der Waals surface area contributed by atoms with Crippen LogP contribution in [0.3, 0.4) is 0 Å². The molecular formula is C13H12OS. The zero-order valence-corrected chi connectivity index (χ0v) is 9.43. The third-order valence-electron chi connectivity index (χ3n) is 2.39. The minimum Gasteiger partial charge on any atom is -0.294 e. The number of fused-ring (bicyclic) bond motifs is 1. The molecule has 2 heteroatoms. The lowest BCUT2D eigenvalue weighted by Crippen LogP contribution is -2.02. The summed E-state index contributed by atoms with van der Waals surface area (Å²) in [5, 5.41) is 3.25. The normalized spacial score (nSPS) is 10.5. The van der Waals surface area contributed by atoms with Gasteiger partial charge in [0.15, 0.2) is 5.78 Å². The van der Waals surface area contributed by atoms with Crippen LogP contribution in [-0.4, -0.2) is 5.78 Å². The Kier molecular flexibility index (Phi) is 2.69. The number of thiophene rings is 1. The fraction of sp³-hybridized carbons (Fsp3) is 0.154. The van der Waals surface area contributed by atoms with Crippen LogP contribution in [0.15, 0.2) is 41.8 Å². The van der Waals surface area contributed by atoms with E-state index in [1.807, 2.05) is 12.1 Å². The molecule has 2 rings (SSSR count). The maximum atomic E-state index is 11.6. The van der Waals surface area contributed by atoms with Crippen molar-refractivity contribution in [3.63, 3.8) is 0 Å². The van der Waals surface area contributed by atoms with Crippen LogP contribution >= 0.6 is 11.3 Å². The smallest absolute Gasteiger partial charge is 0.162 e. The lowest BCUT2D eigenvalue weighted by molar-refractivity contribution is -0.114. The summed E-state index contributed by atoms with van der Waals surface area (Å²) >= 11 is 1.69. The summed E-state index contributed by atoms with van der Waals surface area (Å²) in [5.41, 5.74) is 1.74. The fourth-order valence-electron chi connectivity index (χ4n) is 1.49. The molecule has 0 N–H and O–H groups in total. The van der Waals surface area contributed by atoms with Crippen molar-refractivity contribution in [3.05, 3.63) is 47.4 Å². The minimum atomic E-state index is 0.124. The maximum absolute atomic E-state index is 11.6. The molecule has 0 amide bonds. The molecule has 0 bridgehead atoms. The van der Waals surface area contributed by atoms with Gasteiger partial charge in [0.1, 0.15) is 0 Å². The topological polar surface area (TPSA) is 17.1 Å². The SMILES string of the molecule is C=C(C)C(=O)Cc1csc2ccccc12. The van der Waals surface area contributed by atoms with E-state index >= 15 is 0 Å². The van der Waals surface area contributed by atoms with E-state index in [-0.39, 0.29) is 5.78 Å². The Morgan fingerprint density at radius 2 is 2.13 bits per heavy atom. The van der Waals surface area contributed by atoms with Gasteiger partial charge < -0.3 is 0 Å². The number of allylic oxidation sites excluding steroid dienone is 1. The molecule has 1 aromatic carbocycles. The molecule has 0 aliphatic heterocycles. The van der Waals surface area contributed by atoms with Crippen LogP contribution in [0.5, 0.6) is 0 Å². The van der Waals surface area contributed by atoms with Crippen molar-refractivity contribution >= 4 is 27.2 Å². The molecule has 1 nitrogen and oxygen atoms in total. The number of hydrogen-bond acceptors (Lipinski definition) is 2. The van der Waals surface area contributed by atoms with Crippen molar-refractivity contribution in [2.24, 2.45) is 0 Å². The van der Waals surface area contributed by atoms with E-state index in [9.17, 15) is 4.79 Å². The summed E-state index contributed by atoms with van der Waals surface area (Å²) in [6, 6.07) is 8.16. The Balaban J connectivity index is 2.37. The summed E-state index contributed by atoms with van der Waals surface area (Å²) in [5.74, 6) is 0.124. The van der Waals surface area contributed by atoms with Gasteiger partial charge in [-0.1, -0.05) is 24.8 Å². The summed E-state index contributed by atoms with van der Waals surface area (Å²) in [7, 11) is 0. The molecule has 1 aromatic heterocycles. The molecule has 0 spiro atoms. The molecule has 0 radical (unpaired) electrons. The average molecular weight is 216 g/mol. The second-order valence-corrected chi connectivity index (χ2v) is 4.55. The summed E-state index contributed by atoms with van der Waals surface area (Å²) < 4.78 is 1.24. The van der Waals surface area contributed by atoms with Gasteiger partial charge >= 0.3 is 0 Å². The number of ketones is 1. The van der Waals surface area contributed by atoms with Gasteiger partial charge in [-0.2, -0.15) is 0 Å². The van der Waals surface area contributed by atoms with Crippen LogP contribution in [0.4, 0.5) is 0 Å². The highest BCUT2D eigenvalue weighted by Crippen LogP contribution is 2.26. The van der Waals surface area contributed by atoms with Gasteiger partial charge in [0.05, 0.1) is 0 Å². The quantitative estimate of drug-likeness (QED) is 0.717. The van der Waals surface area contributed by atoms with Crippen molar-refractivity contribution in [2.75, 3.05) is 0 Å². The van der Waals surface area contributed by atoms with Gasteiger partial charge in [-0.15, -0.1) is 11.3 Å². The van der Waals surface area contributed by atoms with Gasteiger partial charge in [0.25, 0.3) is 0 Å². The molecule has 0 fully saturated rings. The van der Waals surface area contributed by atoms with Crippen molar-refractivity contribution in [3.8, 4) is 0 Å². The third-order valence-corrected chi connectivity index (χ3v) is 3.40. The summed E-state index contributed by atoms with van der Waals surface area (Å²) in [6.07, 6.45) is 0.472. The number of rotatable bonds is 3. The number of carbonyl (C=O) groups excluding carboxylic acids is 1. The van der Waals surface area contributed by atoms with E-state index in [0.717, 1.165) is 5.56 Å². The predicted octanol–water partition coefficient (Wildman–Crippen LogP) is 3.59. The molecular weight excluding hydrogens is 204 g/mol. The van der Waals surface area contributed by atoms with E-state index < -0.39 is 0 Å². The first-order valence-corrected chi connectivity index (χ1v) is 5.70. The van der Waals surface area contributed by atoms with Gasteiger partial charge in [-0.3, -0.25) is 4.79 Å². The van der Waals surface area contributed by atoms with E-state index in [4.69, 9.17) is 0 Å². The van der Waals surface area contributed by atoms with Gasteiger partial charge in [0, 0.05) is 11.1 Å². The van der Waals surface area contributed by atoms with Crippen molar-refractivity contribution in [2.45, 2.75) is 13.3 Å². The monoisotopic (exact) mass is 216 g/mol. The van der Waals surface area contributed by atoms with E-state index in [0.29, 0.717) is 12.0 Å².